The fourth-order valence-electron chi connectivity index (χ4n) is 1.98. The van der Waals surface area contributed by atoms with Gasteiger partial charge in [-0.15, -0.1) is 17.9 Å². The summed E-state index contributed by atoms with van der Waals surface area (Å²) in [6.45, 7) is 4.71. The molecule has 3 aromatic heterocycles. The van der Waals surface area contributed by atoms with Crippen molar-refractivity contribution in [3.05, 3.63) is 54.6 Å². The van der Waals surface area contributed by atoms with Gasteiger partial charge in [-0.25, -0.2) is 4.98 Å². The second kappa shape index (κ2) is 5.84. The molecule has 0 fully saturated rings. The first-order valence-electron chi connectivity index (χ1n) is 6.04. The molecule has 3 heterocycles. The maximum atomic E-state index is 12.5. The summed E-state index contributed by atoms with van der Waals surface area (Å²) in [6.07, 6.45) is 3.29. The van der Waals surface area contributed by atoms with Gasteiger partial charge in [-0.05, 0) is 24.4 Å². The van der Waals surface area contributed by atoms with Crippen molar-refractivity contribution in [1.82, 2.24) is 14.1 Å². The molecule has 21 heavy (non-hydrogen) atoms. The molecule has 0 atom stereocenters. The Bertz CT molecular complexity index is 934. The highest BCUT2D eigenvalue weighted by atomic mass is 35.5. The predicted octanol–water partition coefficient (Wildman–Crippen LogP) is 3.94. The smallest absolute Gasteiger partial charge is 0.273 e. The first-order valence-corrected chi connectivity index (χ1v) is 8.46. The molecule has 4 nitrogen and oxygen atoms in total. The molecule has 0 spiro atoms. The Labute approximate surface area is 138 Å². The van der Waals surface area contributed by atoms with E-state index in [1.807, 2.05) is 16.7 Å². The van der Waals surface area contributed by atoms with Crippen molar-refractivity contribution in [3.63, 3.8) is 0 Å². The molecule has 0 amide bonds. The predicted molar refractivity (Wildman–Crippen MR) is 91.3 cm³/mol. The van der Waals surface area contributed by atoms with E-state index in [1.165, 1.54) is 22.7 Å². The van der Waals surface area contributed by atoms with Crippen LogP contribution in [0.5, 0.6) is 0 Å². The number of hydrogen-bond donors (Lipinski definition) is 0. The van der Waals surface area contributed by atoms with Gasteiger partial charge in [-0.3, -0.25) is 9.36 Å². The van der Waals surface area contributed by atoms with E-state index in [0.717, 1.165) is 4.88 Å². The second-order valence-electron chi connectivity index (χ2n) is 4.30. The van der Waals surface area contributed by atoms with Crippen LogP contribution >= 0.6 is 46.5 Å². The fourth-order valence-corrected chi connectivity index (χ4v) is 4.38. The van der Waals surface area contributed by atoms with Crippen LogP contribution in [0.15, 0.2) is 35.9 Å². The van der Waals surface area contributed by atoms with Crippen LogP contribution < -0.4 is 5.56 Å². The summed E-state index contributed by atoms with van der Waals surface area (Å²) < 4.78 is 5.31. The van der Waals surface area contributed by atoms with Crippen LogP contribution in [-0.4, -0.2) is 14.1 Å². The number of hydrogen-bond acceptors (Lipinski definition) is 5. The maximum absolute atomic E-state index is 12.5. The monoisotopic (exact) mass is 355 g/mol. The summed E-state index contributed by atoms with van der Waals surface area (Å²) in [5, 5.41) is 0. The summed E-state index contributed by atoms with van der Waals surface area (Å²) in [5.41, 5.74) is 0.541. The van der Waals surface area contributed by atoms with E-state index in [2.05, 4.69) is 11.6 Å². The molecule has 108 valence electrons. The quantitative estimate of drug-likeness (QED) is 0.525. The number of thiazole rings is 1. The Morgan fingerprint density at radius 2 is 2.24 bits per heavy atom. The third-order valence-electron chi connectivity index (χ3n) is 2.91. The molecule has 0 unspecified atom stereocenters. The molecule has 0 aliphatic rings. The summed E-state index contributed by atoms with van der Waals surface area (Å²) in [6, 6.07) is 3.73. The topological polar surface area (TPSA) is 39.8 Å². The van der Waals surface area contributed by atoms with Gasteiger partial charge in [0.25, 0.3) is 5.56 Å². The highest BCUT2D eigenvalue weighted by molar-refractivity contribution is 7.73. The third kappa shape index (κ3) is 2.74. The largest absolute Gasteiger partial charge is 0.304 e. The lowest BCUT2D eigenvalue weighted by Gasteiger charge is -2.04. The lowest BCUT2D eigenvalue weighted by Crippen LogP contribution is -2.20. The third-order valence-corrected chi connectivity index (χ3v) is 5.55. The average Bonchev–Trinajstić information content (AvgIpc) is 2.99. The van der Waals surface area contributed by atoms with E-state index >= 15 is 0 Å². The van der Waals surface area contributed by atoms with Crippen LogP contribution in [-0.2, 0) is 13.1 Å². The second-order valence-corrected chi connectivity index (χ2v) is 7.75. The van der Waals surface area contributed by atoms with Gasteiger partial charge < -0.3 is 4.57 Å². The molecule has 0 radical (unpaired) electrons. The highest BCUT2D eigenvalue weighted by Crippen LogP contribution is 2.22. The summed E-state index contributed by atoms with van der Waals surface area (Å²) in [5.74, 6) is 0. The van der Waals surface area contributed by atoms with Crippen LogP contribution in [0.2, 0.25) is 4.34 Å². The number of rotatable bonds is 4. The van der Waals surface area contributed by atoms with Gasteiger partial charge in [0.2, 0.25) is 0 Å². The summed E-state index contributed by atoms with van der Waals surface area (Å²) >= 11 is 13.9. The minimum absolute atomic E-state index is 0.0802. The molecule has 0 aliphatic heterocycles. The minimum Gasteiger partial charge on any atom is -0.304 e. The number of nitrogens with zero attached hydrogens (tertiary/aromatic N) is 3. The first kappa shape index (κ1) is 14.6. The van der Waals surface area contributed by atoms with E-state index in [1.54, 1.807) is 17.0 Å². The van der Waals surface area contributed by atoms with Gasteiger partial charge in [0.1, 0.15) is 11.0 Å². The van der Waals surface area contributed by atoms with Crippen LogP contribution in [0.3, 0.4) is 0 Å². The van der Waals surface area contributed by atoms with E-state index in [9.17, 15) is 4.79 Å². The van der Waals surface area contributed by atoms with Crippen molar-refractivity contribution in [3.8, 4) is 0 Å². The molecular formula is C13H10ClN3OS3. The van der Waals surface area contributed by atoms with E-state index in [-0.39, 0.29) is 5.56 Å². The van der Waals surface area contributed by atoms with Crippen molar-refractivity contribution in [1.29, 1.82) is 0 Å². The minimum atomic E-state index is -0.0802. The SMILES string of the molecule is C=CCn1c(=S)sc2c(=O)n(Cc3ccc(Cl)s3)cnc21. The Morgan fingerprint density at radius 3 is 2.90 bits per heavy atom. The van der Waals surface area contributed by atoms with Gasteiger partial charge in [-0.2, -0.15) is 0 Å². The summed E-state index contributed by atoms with van der Waals surface area (Å²) in [4.78, 5) is 17.9. The van der Waals surface area contributed by atoms with E-state index < -0.39 is 0 Å². The molecule has 0 saturated heterocycles. The van der Waals surface area contributed by atoms with Gasteiger partial charge in [0.15, 0.2) is 9.60 Å². The zero-order valence-electron chi connectivity index (χ0n) is 10.8. The molecule has 3 aromatic rings. The number of halogens is 1. The number of allylic oxidation sites excluding steroid dienone is 1. The highest BCUT2D eigenvalue weighted by Gasteiger charge is 2.12. The van der Waals surface area contributed by atoms with Gasteiger partial charge in [-0.1, -0.05) is 29.0 Å². The molecule has 0 saturated carbocycles. The van der Waals surface area contributed by atoms with Crippen molar-refractivity contribution in [2.75, 3.05) is 0 Å². The summed E-state index contributed by atoms with van der Waals surface area (Å²) in [7, 11) is 0. The van der Waals surface area contributed by atoms with Gasteiger partial charge in [0, 0.05) is 11.4 Å². The van der Waals surface area contributed by atoms with Gasteiger partial charge >= 0.3 is 0 Å². The van der Waals surface area contributed by atoms with Crippen molar-refractivity contribution >= 4 is 56.8 Å². The number of thiophene rings is 1. The van der Waals surface area contributed by atoms with Crippen molar-refractivity contribution in [2.24, 2.45) is 0 Å². The zero-order valence-corrected chi connectivity index (χ0v) is 14.0. The van der Waals surface area contributed by atoms with E-state index in [4.69, 9.17) is 23.8 Å². The van der Waals surface area contributed by atoms with Crippen molar-refractivity contribution < 1.29 is 0 Å². The molecule has 0 N–H and O–H groups in total. The molecular weight excluding hydrogens is 346 g/mol. The molecule has 0 bridgehead atoms. The molecule has 0 aromatic carbocycles. The standard InChI is InChI=1S/C13H10ClN3OS3/c1-2-5-17-11-10(21-13(17)19)12(18)16(7-15-11)6-8-3-4-9(14)20-8/h2-4,7H,1,5-6H2. The first-order chi connectivity index (χ1) is 10.1. The Kier molecular flexibility index (Phi) is 4.08. The van der Waals surface area contributed by atoms with Crippen LogP contribution in [0.1, 0.15) is 4.88 Å². The number of aromatic nitrogens is 3. The maximum Gasteiger partial charge on any atom is 0.273 e. The Hall–Kier alpha value is -1.28. The fraction of sp³-hybridized carbons (Fsp3) is 0.154. The van der Waals surface area contributed by atoms with Crippen LogP contribution in [0.4, 0.5) is 0 Å². The lowest BCUT2D eigenvalue weighted by molar-refractivity contribution is 0.750. The normalized spacial score (nSPS) is 11.1. The van der Waals surface area contributed by atoms with Gasteiger partial charge in [0.05, 0.1) is 10.9 Å². The molecule has 3 rings (SSSR count). The van der Waals surface area contributed by atoms with E-state index in [0.29, 0.717) is 31.7 Å². The molecule has 0 aliphatic carbocycles. The Morgan fingerprint density at radius 1 is 1.43 bits per heavy atom. The lowest BCUT2D eigenvalue weighted by atomic mass is 10.4. The number of fused-ring (bicyclic) bond motifs is 1. The molecule has 8 heteroatoms. The van der Waals surface area contributed by atoms with Crippen LogP contribution in [0.25, 0.3) is 10.3 Å². The Balaban J connectivity index is 2.10. The average molecular weight is 356 g/mol. The zero-order chi connectivity index (χ0) is 15.0. The van der Waals surface area contributed by atoms with Crippen molar-refractivity contribution in [2.45, 2.75) is 13.1 Å². The van der Waals surface area contributed by atoms with Crippen LogP contribution in [0, 0.1) is 3.95 Å².